The summed E-state index contributed by atoms with van der Waals surface area (Å²) < 4.78 is 30.9. The number of anilines is 2. The molecule has 0 radical (unpaired) electrons. The molecule has 1 aliphatic rings. The maximum absolute atomic E-state index is 11.9. The lowest BCUT2D eigenvalue weighted by Gasteiger charge is -2.16. The van der Waals surface area contributed by atoms with Crippen LogP contribution in [0, 0.1) is 13.8 Å². The van der Waals surface area contributed by atoms with Gasteiger partial charge in [0.1, 0.15) is 5.75 Å². The molecule has 3 aromatic rings. The van der Waals surface area contributed by atoms with Gasteiger partial charge in [-0.25, -0.2) is 13.4 Å². The number of ether oxygens (including phenoxy) is 1. The third-order valence-electron chi connectivity index (χ3n) is 5.78. The maximum Gasteiger partial charge on any atom is 0.187 e. The van der Waals surface area contributed by atoms with E-state index in [0.29, 0.717) is 13.0 Å². The Bertz CT molecular complexity index is 1180. The van der Waals surface area contributed by atoms with Crippen LogP contribution in [0.15, 0.2) is 29.6 Å². The standard InChI is InChI=1S/C22H29N5O3S2/c1-15-21(16(2)27(25-15)19-9-10-32(28,29)14-19)12-26(3)11-18-13-31-22(24-18)23-17-5-7-20(30-4)8-6-17/h5-8,13,19H,9-12,14H2,1-4H3,(H,23,24)/t19-/m0/s1. The first-order valence-corrected chi connectivity index (χ1v) is 13.2. The molecule has 4 rings (SSSR count). The number of hydrogen-bond donors (Lipinski definition) is 1. The molecule has 0 aliphatic carbocycles. The minimum Gasteiger partial charge on any atom is -0.497 e. The van der Waals surface area contributed by atoms with Gasteiger partial charge in [-0.1, -0.05) is 0 Å². The van der Waals surface area contributed by atoms with E-state index in [9.17, 15) is 8.42 Å². The Kier molecular flexibility index (Phi) is 6.55. The second kappa shape index (κ2) is 9.21. The van der Waals surface area contributed by atoms with Crippen molar-refractivity contribution in [1.29, 1.82) is 0 Å². The van der Waals surface area contributed by atoms with E-state index in [4.69, 9.17) is 9.72 Å². The predicted molar refractivity (Wildman–Crippen MR) is 128 cm³/mol. The van der Waals surface area contributed by atoms with Crippen molar-refractivity contribution >= 4 is 32.0 Å². The van der Waals surface area contributed by atoms with Gasteiger partial charge < -0.3 is 10.1 Å². The number of aromatic nitrogens is 3. The van der Waals surface area contributed by atoms with Crippen molar-refractivity contribution in [3.63, 3.8) is 0 Å². The number of hydrogen-bond acceptors (Lipinski definition) is 8. The molecular formula is C22H29N5O3S2. The summed E-state index contributed by atoms with van der Waals surface area (Å²) in [4.78, 5) is 6.91. The second-order valence-electron chi connectivity index (χ2n) is 8.32. The number of nitrogens with one attached hydrogen (secondary N) is 1. The maximum atomic E-state index is 11.9. The Balaban J connectivity index is 1.38. The van der Waals surface area contributed by atoms with Crippen LogP contribution in [0.25, 0.3) is 0 Å². The van der Waals surface area contributed by atoms with Crippen molar-refractivity contribution in [2.75, 3.05) is 31.0 Å². The molecular weight excluding hydrogens is 446 g/mol. The van der Waals surface area contributed by atoms with Crippen LogP contribution < -0.4 is 10.1 Å². The van der Waals surface area contributed by atoms with E-state index in [2.05, 4.69) is 27.7 Å². The molecule has 0 saturated carbocycles. The molecule has 8 nitrogen and oxygen atoms in total. The largest absolute Gasteiger partial charge is 0.497 e. The third-order valence-corrected chi connectivity index (χ3v) is 8.34. The van der Waals surface area contributed by atoms with Gasteiger partial charge in [-0.15, -0.1) is 11.3 Å². The van der Waals surface area contributed by atoms with E-state index in [0.717, 1.165) is 45.8 Å². The fourth-order valence-electron chi connectivity index (χ4n) is 4.09. The first-order chi connectivity index (χ1) is 15.2. The fraction of sp³-hybridized carbons (Fsp3) is 0.455. The van der Waals surface area contributed by atoms with E-state index in [1.807, 2.05) is 42.8 Å². The molecule has 0 unspecified atom stereocenters. The Labute approximate surface area is 193 Å². The summed E-state index contributed by atoms with van der Waals surface area (Å²) in [7, 11) is 0.771. The minimum absolute atomic E-state index is 0.0529. The summed E-state index contributed by atoms with van der Waals surface area (Å²) in [5, 5.41) is 10.9. The molecule has 10 heteroatoms. The van der Waals surface area contributed by atoms with Gasteiger partial charge in [-0.2, -0.15) is 5.10 Å². The van der Waals surface area contributed by atoms with E-state index in [-0.39, 0.29) is 17.5 Å². The topological polar surface area (TPSA) is 89.3 Å². The van der Waals surface area contributed by atoms with Crippen molar-refractivity contribution in [2.45, 2.75) is 39.4 Å². The molecule has 1 atom stereocenters. The van der Waals surface area contributed by atoms with Crippen LogP contribution in [-0.4, -0.2) is 53.7 Å². The molecule has 1 aromatic carbocycles. The number of benzene rings is 1. The summed E-state index contributed by atoms with van der Waals surface area (Å²) in [6.07, 6.45) is 0.641. The van der Waals surface area contributed by atoms with Crippen LogP contribution in [0.2, 0.25) is 0 Å². The summed E-state index contributed by atoms with van der Waals surface area (Å²) >= 11 is 1.58. The molecule has 3 heterocycles. The monoisotopic (exact) mass is 475 g/mol. The molecule has 0 bridgehead atoms. The van der Waals surface area contributed by atoms with Gasteiger partial charge in [0, 0.05) is 35.4 Å². The normalized spacial score (nSPS) is 17.7. The van der Waals surface area contributed by atoms with Gasteiger partial charge in [0.05, 0.1) is 36.0 Å². The average Bonchev–Trinajstić information content (AvgIpc) is 3.42. The average molecular weight is 476 g/mol. The molecule has 1 N–H and O–H groups in total. The van der Waals surface area contributed by atoms with Crippen molar-refractivity contribution in [1.82, 2.24) is 19.7 Å². The van der Waals surface area contributed by atoms with Crippen LogP contribution in [0.1, 0.15) is 35.1 Å². The van der Waals surface area contributed by atoms with Crippen LogP contribution in [0.4, 0.5) is 10.8 Å². The highest BCUT2D eigenvalue weighted by Crippen LogP contribution is 2.28. The molecule has 1 fully saturated rings. The second-order valence-corrected chi connectivity index (χ2v) is 11.4. The van der Waals surface area contributed by atoms with E-state index in [1.54, 1.807) is 18.4 Å². The predicted octanol–water partition coefficient (Wildman–Crippen LogP) is 3.70. The number of thiazole rings is 1. The Morgan fingerprint density at radius 3 is 2.66 bits per heavy atom. The zero-order chi connectivity index (χ0) is 22.9. The zero-order valence-corrected chi connectivity index (χ0v) is 20.5. The highest BCUT2D eigenvalue weighted by Gasteiger charge is 2.31. The van der Waals surface area contributed by atoms with Crippen molar-refractivity contribution < 1.29 is 13.2 Å². The summed E-state index contributed by atoms with van der Waals surface area (Å²) in [6, 6.07) is 7.70. The van der Waals surface area contributed by atoms with E-state index < -0.39 is 9.84 Å². The quantitative estimate of drug-likeness (QED) is 0.531. The third kappa shape index (κ3) is 5.13. The first kappa shape index (κ1) is 22.8. The van der Waals surface area contributed by atoms with Gasteiger partial charge in [-0.05, 0) is 51.6 Å². The smallest absolute Gasteiger partial charge is 0.187 e. The lowest BCUT2D eigenvalue weighted by molar-refractivity contribution is 0.314. The van der Waals surface area contributed by atoms with Gasteiger partial charge in [0.15, 0.2) is 15.0 Å². The molecule has 1 aliphatic heterocycles. The van der Waals surface area contributed by atoms with Gasteiger partial charge in [0.25, 0.3) is 0 Å². The lowest BCUT2D eigenvalue weighted by atomic mass is 10.1. The number of sulfone groups is 1. The van der Waals surface area contributed by atoms with Crippen LogP contribution in [0.3, 0.4) is 0 Å². The highest BCUT2D eigenvalue weighted by molar-refractivity contribution is 7.91. The number of rotatable bonds is 8. The highest BCUT2D eigenvalue weighted by atomic mass is 32.2. The molecule has 172 valence electrons. The van der Waals surface area contributed by atoms with Crippen LogP contribution in [0.5, 0.6) is 5.75 Å². The van der Waals surface area contributed by atoms with Crippen LogP contribution >= 0.6 is 11.3 Å². The first-order valence-electron chi connectivity index (χ1n) is 10.5. The molecule has 1 saturated heterocycles. The summed E-state index contributed by atoms with van der Waals surface area (Å²) in [5.74, 6) is 1.26. The summed E-state index contributed by atoms with van der Waals surface area (Å²) in [6.45, 7) is 5.47. The fourth-order valence-corrected chi connectivity index (χ4v) is 6.50. The molecule has 0 amide bonds. The molecule has 0 spiro atoms. The Hall–Kier alpha value is -2.43. The lowest BCUT2D eigenvalue weighted by Crippen LogP contribution is -2.19. The Morgan fingerprint density at radius 2 is 2.00 bits per heavy atom. The molecule has 32 heavy (non-hydrogen) atoms. The van der Waals surface area contributed by atoms with Crippen LogP contribution in [-0.2, 0) is 22.9 Å². The van der Waals surface area contributed by atoms with E-state index in [1.165, 1.54) is 0 Å². The van der Waals surface area contributed by atoms with Gasteiger partial charge in [0.2, 0.25) is 0 Å². The number of nitrogens with zero attached hydrogens (tertiary/aromatic N) is 4. The number of aryl methyl sites for hydroxylation is 1. The summed E-state index contributed by atoms with van der Waals surface area (Å²) in [5.41, 5.74) is 5.13. The van der Waals surface area contributed by atoms with Crippen molar-refractivity contribution in [3.05, 3.63) is 52.3 Å². The molecule has 2 aromatic heterocycles. The van der Waals surface area contributed by atoms with Gasteiger partial charge >= 0.3 is 0 Å². The van der Waals surface area contributed by atoms with Crippen molar-refractivity contribution in [3.8, 4) is 5.75 Å². The van der Waals surface area contributed by atoms with Crippen molar-refractivity contribution in [2.24, 2.45) is 0 Å². The minimum atomic E-state index is -2.94. The zero-order valence-electron chi connectivity index (χ0n) is 18.8. The SMILES string of the molecule is COc1ccc(Nc2nc(CN(C)Cc3c(C)nn([C@H]4CCS(=O)(=O)C4)c3C)cs2)cc1. The van der Waals surface area contributed by atoms with Gasteiger partial charge in [-0.3, -0.25) is 9.58 Å². The Morgan fingerprint density at radius 1 is 1.25 bits per heavy atom. The van der Waals surface area contributed by atoms with E-state index >= 15 is 0 Å². The number of methoxy groups -OCH3 is 1.